The molecular formula is C20H20N6O2. The van der Waals surface area contributed by atoms with E-state index in [-0.39, 0.29) is 0 Å². The molecule has 5 rings (SSSR count). The Morgan fingerprint density at radius 3 is 2.57 bits per heavy atom. The van der Waals surface area contributed by atoms with E-state index in [9.17, 15) is 0 Å². The zero-order valence-electron chi connectivity index (χ0n) is 15.5. The van der Waals surface area contributed by atoms with Crippen molar-refractivity contribution in [2.75, 3.05) is 44.0 Å². The number of para-hydroxylation sites is 1. The number of hydrogen-bond acceptors (Lipinski definition) is 7. The first-order chi connectivity index (χ1) is 13.7. The summed E-state index contributed by atoms with van der Waals surface area (Å²) in [7, 11) is 1.64. The minimum atomic E-state index is 0.315. The molecule has 2 aromatic carbocycles. The Labute approximate surface area is 161 Å². The van der Waals surface area contributed by atoms with Crippen LogP contribution in [0.4, 0.5) is 11.6 Å². The smallest absolute Gasteiger partial charge is 0.223 e. The van der Waals surface area contributed by atoms with Crippen molar-refractivity contribution < 1.29 is 9.47 Å². The van der Waals surface area contributed by atoms with Gasteiger partial charge in [0, 0.05) is 24.0 Å². The Hall–Kier alpha value is -3.39. The highest BCUT2D eigenvalue weighted by Crippen LogP contribution is 2.30. The van der Waals surface area contributed by atoms with Gasteiger partial charge in [-0.3, -0.25) is 0 Å². The fourth-order valence-electron chi connectivity index (χ4n) is 3.56. The monoisotopic (exact) mass is 376 g/mol. The van der Waals surface area contributed by atoms with Crippen LogP contribution in [0, 0.1) is 0 Å². The lowest BCUT2D eigenvalue weighted by molar-refractivity contribution is 0.123. The van der Waals surface area contributed by atoms with Gasteiger partial charge in [-0.25, -0.2) is 9.97 Å². The fraction of sp³-hybridized carbons (Fsp3) is 0.250. The molecule has 0 aliphatic carbocycles. The highest BCUT2D eigenvalue weighted by molar-refractivity contribution is 6.00. The number of morpholine rings is 1. The van der Waals surface area contributed by atoms with Crippen LogP contribution in [0.15, 0.2) is 42.5 Å². The second kappa shape index (κ2) is 6.65. The van der Waals surface area contributed by atoms with E-state index in [1.165, 1.54) is 0 Å². The van der Waals surface area contributed by atoms with Gasteiger partial charge in [-0.2, -0.15) is 4.52 Å². The molecule has 8 nitrogen and oxygen atoms in total. The number of nitrogens with two attached hydrogens (primary N) is 1. The van der Waals surface area contributed by atoms with Crippen LogP contribution in [0.1, 0.15) is 0 Å². The molecule has 4 aromatic rings. The SMILES string of the molecule is COc1ccc(-c2nc3c4cccc(N5CCOCC5)c4nc(N)n3n2)cc1. The Kier molecular flexibility index (Phi) is 3.98. The van der Waals surface area contributed by atoms with Crippen LogP contribution in [0.3, 0.4) is 0 Å². The van der Waals surface area contributed by atoms with Gasteiger partial charge in [0.25, 0.3) is 0 Å². The van der Waals surface area contributed by atoms with E-state index >= 15 is 0 Å². The minimum absolute atomic E-state index is 0.315. The van der Waals surface area contributed by atoms with E-state index in [1.54, 1.807) is 11.6 Å². The molecule has 142 valence electrons. The zero-order chi connectivity index (χ0) is 19.1. The number of nitrogen functional groups attached to an aromatic ring is 1. The predicted molar refractivity (Wildman–Crippen MR) is 108 cm³/mol. The molecule has 1 saturated heterocycles. The number of nitrogens with zero attached hydrogens (tertiary/aromatic N) is 5. The lowest BCUT2D eigenvalue weighted by Gasteiger charge is -2.29. The first-order valence-corrected chi connectivity index (χ1v) is 9.17. The molecule has 8 heteroatoms. The van der Waals surface area contributed by atoms with Crippen molar-refractivity contribution in [1.82, 2.24) is 19.6 Å². The van der Waals surface area contributed by atoms with Gasteiger partial charge in [-0.15, -0.1) is 5.10 Å². The maximum Gasteiger partial charge on any atom is 0.223 e. The molecule has 1 aliphatic heterocycles. The average molecular weight is 376 g/mol. The van der Waals surface area contributed by atoms with Crippen LogP contribution >= 0.6 is 0 Å². The minimum Gasteiger partial charge on any atom is -0.497 e. The molecule has 0 radical (unpaired) electrons. The molecule has 0 spiro atoms. The predicted octanol–water partition coefficient (Wildman–Crippen LogP) is 2.37. The number of hydrogen-bond donors (Lipinski definition) is 1. The number of ether oxygens (including phenoxy) is 2. The summed E-state index contributed by atoms with van der Waals surface area (Å²) in [6.45, 7) is 3.08. The van der Waals surface area contributed by atoms with Crippen molar-refractivity contribution >= 4 is 28.2 Å². The Morgan fingerprint density at radius 2 is 1.82 bits per heavy atom. The first kappa shape index (κ1) is 16.8. The molecule has 28 heavy (non-hydrogen) atoms. The molecule has 2 N–H and O–H groups in total. The third-order valence-corrected chi connectivity index (χ3v) is 5.01. The van der Waals surface area contributed by atoms with Gasteiger partial charge in [0.05, 0.1) is 26.0 Å². The molecule has 0 amide bonds. The highest BCUT2D eigenvalue weighted by Gasteiger charge is 2.19. The maximum atomic E-state index is 6.24. The van der Waals surface area contributed by atoms with Crippen LogP contribution in [-0.4, -0.2) is 53.0 Å². The van der Waals surface area contributed by atoms with Crippen molar-refractivity contribution in [2.45, 2.75) is 0 Å². The summed E-state index contributed by atoms with van der Waals surface area (Å²) in [6, 6.07) is 13.7. The van der Waals surface area contributed by atoms with Gasteiger partial charge in [-0.05, 0) is 36.4 Å². The highest BCUT2D eigenvalue weighted by atomic mass is 16.5. The number of aromatic nitrogens is 4. The van der Waals surface area contributed by atoms with Gasteiger partial charge >= 0.3 is 0 Å². The Balaban J connectivity index is 1.67. The Morgan fingerprint density at radius 1 is 1.04 bits per heavy atom. The maximum absolute atomic E-state index is 6.24. The van der Waals surface area contributed by atoms with Crippen LogP contribution in [-0.2, 0) is 4.74 Å². The average Bonchev–Trinajstić information content (AvgIpc) is 3.21. The fourth-order valence-corrected chi connectivity index (χ4v) is 3.56. The van der Waals surface area contributed by atoms with Crippen molar-refractivity contribution in [2.24, 2.45) is 0 Å². The van der Waals surface area contributed by atoms with Crippen LogP contribution in [0.5, 0.6) is 5.75 Å². The number of fused-ring (bicyclic) bond motifs is 3. The van der Waals surface area contributed by atoms with Crippen LogP contribution < -0.4 is 15.4 Å². The number of benzene rings is 2. The largest absolute Gasteiger partial charge is 0.497 e. The number of rotatable bonds is 3. The quantitative estimate of drug-likeness (QED) is 0.587. The second-order valence-electron chi connectivity index (χ2n) is 6.64. The molecule has 2 aromatic heterocycles. The summed E-state index contributed by atoms with van der Waals surface area (Å²) >= 11 is 0. The lowest BCUT2D eigenvalue weighted by atomic mass is 10.2. The van der Waals surface area contributed by atoms with E-state index in [0.29, 0.717) is 30.6 Å². The molecule has 0 saturated carbocycles. The first-order valence-electron chi connectivity index (χ1n) is 9.17. The summed E-state index contributed by atoms with van der Waals surface area (Å²) in [4.78, 5) is 11.7. The topological polar surface area (TPSA) is 90.8 Å². The van der Waals surface area contributed by atoms with Gasteiger partial charge < -0.3 is 20.1 Å². The van der Waals surface area contributed by atoms with E-state index in [1.807, 2.05) is 36.4 Å². The summed E-state index contributed by atoms with van der Waals surface area (Å²) in [5.41, 5.74) is 9.71. The summed E-state index contributed by atoms with van der Waals surface area (Å²) in [6.07, 6.45) is 0. The molecule has 0 atom stereocenters. The van der Waals surface area contributed by atoms with E-state index in [4.69, 9.17) is 20.2 Å². The molecular weight excluding hydrogens is 356 g/mol. The molecule has 0 unspecified atom stereocenters. The van der Waals surface area contributed by atoms with Crippen molar-refractivity contribution in [3.8, 4) is 17.1 Å². The third kappa shape index (κ3) is 2.69. The van der Waals surface area contributed by atoms with Crippen molar-refractivity contribution in [3.05, 3.63) is 42.5 Å². The van der Waals surface area contributed by atoms with Crippen molar-refractivity contribution in [1.29, 1.82) is 0 Å². The van der Waals surface area contributed by atoms with Crippen LogP contribution in [0.2, 0.25) is 0 Å². The number of anilines is 2. The van der Waals surface area contributed by atoms with Gasteiger partial charge in [0.1, 0.15) is 11.3 Å². The molecule has 0 bridgehead atoms. The summed E-state index contributed by atoms with van der Waals surface area (Å²) in [5.74, 6) is 1.70. The van der Waals surface area contributed by atoms with E-state index < -0.39 is 0 Å². The normalized spacial score (nSPS) is 14.7. The third-order valence-electron chi connectivity index (χ3n) is 5.01. The van der Waals surface area contributed by atoms with Crippen molar-refractivity contribution in [3.63, 3.8) is 0 Å². The van der Waals surface area contributed by atoms with E-state index in [2.05, 4.69) is 21.0 Å². The van der Waals surface area contributed by atoms with Gasteiger partial charge in [0.15, 0.2) is 11.5 Å². The Bertz CT molecular complexity index is 1150. The molecule has 1 fully saturated rings. The van der Waals surface area contributed by atoms with Gasteiger partial charge in [-0.1, -0.05) is 6.07 Å². The second-order valence-corrected chi connectivity index (χ2v) is 6.64. The zero-order valence-corrected chi connectivity index (χ0v) is 15.5. The standard InChI is InChI=1S/C20H20N6O2/c1-27-14-7-5-13(6-8-14)18-23-19-15-3-2-4-16(25-9-11-28-12-10-25)17(15)22-20(21)26(19)24-18/h2-8H,9-12H2,1H3,(H2,21,22). The summed E-state index contributed by atoms with van der Waals surface area (Å²) in [5, 5.41) is 5.50. The molecule has 1 aliphatic rings. The van der Waals surface area contributed by atoms with Crippen LogP contribution in [0.25, 0.3) is 27.9 Å². The molecule has 3 heterocycles. The lowest BCUT2D eigenvalue weighted by Crippen LogP contribution is -2.36. The summed E-state index contributed by atoms with van der Waals surface area (Å²) < 4.78 is 12.3. The number of methoxy groups -OCH3 is 1. The van der Waals surface area contributed by atoms with Gasteiger partial charge in [0.2, 0.25) is 5.95 Å². The van der Waals surface area contributed by atoms with E-state index in [0.717, 1.165) is 41.0 Å².